The lowest BCUT2D eigenvalue weighted by molar-refractivity contribution is 0.0696. The fourth-order valence-corrected chi connectivity index (χ4v) is 5.01. The quantitative estimate of drug-likeness (QED) is 0.282. The Hall–Kier alpha value is -3.76. The second kappa shape index (κ2) is 11.5. The molecule has 39 heavy (non-hydrogen) atoms. The summed E-state index contributed by atoms with van der Waals surface area (Å²) in [5, 5.41) is 9.75. The van der Waals surface area contributed by atoms with Gasteiger partial charge in [-0.3, -0.25) is 4.90 Å². The number of alkyl halides is 1. The van der Waals surface area contributed by atoms with E-state index in [1.807, 2.05) is 23.7 Å². The number of fused-ring (bicyclic) bond motifs is 1. The fraction of sp³-hybridized carbons (Fsp3) is 0.321. The Kier molecular flexibility index (Phi) is 7.94. The zero-order valence-electron chi connectivity index (χ0n) is 21.2. The Morgan fingerprint density at radius 1 is 1.13 bits per heavy atom. The number of likely N-dealkylation sites (tertiary alicyclic amines) is 1. The molecule has 1 fully saturated rings. The maximum absolute atomic E-state index is 14.1. The van der Waals surface area contributed by atoms with Gasteiger partial charge in [-0.2, -0.15) is 0 Å². The number of aryl methyl sites for hydroxylation is 1. The third-order valence-electron chi connectivity index (χ3n) is 7.01. The summed E-state index contributed by atoms with van der Waals surface area (Å²) in [6.07, 6.45) is 1.76. The zero-order valence-corrected chi connectivity index (χ0v) is 22.0. The number of rotatable bonds is 9. The molecule has 5 rings (SSSR count). The summed E-state index contributed by atoms with van der Waals surface area (Å²) in [5.74, 6) is -0.000401. The molecule has 2 aromatic carbocycles. The highest BCUT2D eigenvalue weighted by Gasteiger charge is 2.24. The zero-order chi connectivity index (χ0) is 27.5. The summed E-state index contributed by atoms with van der Waals surface area (Å²) >= 11 is 5.82. The third-order valence-corrected chi connectivity index (χ3v) is 7.24. The lowest BCUT2D eigenvalue weighted by Gasteiger charge is -2.31. The van der Waals surface area contributed by atoms with E-state index in [0.29, 0.717) is 34.0 Å². The van der Waals surface area contributed by atoms with E-state index < -0.39 is 18.6 Å². The molecule has 0 saturated carbocycles. The van der Waals surface area contributed by atoms with E-state index >= 15 is 0 Å². The van der Waals surface area contributed by atoms with Crippen LogP contribution < -0.4 is 9.47 Å². The number of imidazole rings is 1. The number of piperidine rings is 1. The number of ether oxygens (including phenoxy) is 2. The molecule has 0 atom stereocenters. The molecular formula is C28H27ClF2N4O4. The number of aromatic nitrogens is 3. The maximum Gasteiger partial charge on any atom is 0.335 e. The van der Waals surface area contributed by atoms with Crippen LogP contribution in [0, 0.1) is 5.82 Å². The van der Waals surface area contributed by atoms with Crippen LogP contribution in [-0.4, -0.2) is 50.5 Å². The predicted octanol–water partition coefficient (Wildman–Crippen LogP) is 5.72. The van der Waals surface area contributed by atoms with Crippen molar-refractivity contribution in [2.24, 2.45) is 7.05 Å². The van der Waals surface area contributed by atoms with Crippen molar-refractivity contribution in [1.82, 2.24) is 19.4 Å². The van der Waals surface area contributed by atoms with Crippen molar-refractivity contribution in [3.05, 3.63) is 82.0 Å². The average Bonchev–Trinajstić information content (AvgIpc) is 3.24. The molecule has 0 unspecified atom stereocenters. The minimum Gasteiger partial charge on any atom is -0.478 e. The minimum atomic E-state index is -1.12. The number of hydrogen-bond donors (Lipinski definition) is 1. The van der Waals surface area contributed by atoms with E-state index in [-0.39, 0.29) is 23.8 Å². The number of hydrogen-bond acceptors (Lipinski definition) is 6. The van der Waals surface area contributed by atoms with Crippen LogP contribution in [0.4, 0.5) is 8.78 Å². The van der Waals surface area contributed by atoms with Crippen molar-refractivity contribution in [1.29, 1.82) is 0 Å². The molecule has 3 heterocycles. The molecular weight excluding hydrogens is 530 g/mol. The highest BCUT2D eigenvalue weighted by Crippen LogP contribution is 2.31. The monoisotopic (exact) mass is 556 g/mol. The Morgan fingerprint density at radius 3 is 2.64 bits per heavy atom. The molecule has 0 bridgehead atoms. The predicted molar refractivity (Wildman–Crippen MR) is 142 cm³/mol. The lowest BCUT2D eigenvalue weighted by atomic mass is 9.93. The van der Waals surface area contributed by atoms with Crippen LogP contribution in [0.3, 0.4) is 0 Å². The molecule has 0 amide bonds. The van der Waals surface area contributed by atoms with Gasteiger partial charge in [0.2, 0.25) is 12.7 Å². The van der Waals surface area contributed by atoms with Crippen LogP contribution in [0.25, 0.3) is 11.0 Å². The van der Waals surface area contributed by atoms with Gasteiger partial charge >= 0.3 is 5.97 Å². The first-order valence-electron chi connectivity index (χ1n) is 12.5. The van der Waals surface area contributed by atoms with E-state index in [4.69, 9.17) is 21.1 Å². The third kappa shape index (κ3) is 5.97. The van der Waals surface area contributed by atoms with Crippen LogP contribution in [0.1, 0.15) is 46.2 Å². The van der Waals surface area contributed by atoms with Gasteiger partial charge in [-0.25, -0.2) is 23.5 Å². The minimum absolute atomic E-state index is 0.0123. The number of benzene rings is 2. The van der Waals surface area contributed by atoms with Gasteiger partial charge < -0.3 is 19.1 Å². The first kappa shape index (κ1) is 26.8. The van der Waals surface area contributed by atoms with Gasteiger partial charge in [0.1, 0.15) is 23.8 Å². The van der Waals surface area contributed by atoms with Crippen LogP contribution >= 0.6 is 11.6 Å². The average molecular weight is 557 g/mol. The fourth-order valence-electron chi connectivity index (χ4n) is 4.85. The van der Waals surface area contributed by atoms with Crippen molar-refractivity contribution >= 4 is 28.6 Å². The van der Waals surface area contributed by atoms with Crippen molar-refractivity contribution in [3.63, 3.8) is 0 Å². The summed E-state index contributed by atoms with van der Waals surface area (Å²) in [5.41, 5.74) is 2.36. The number of aromatic carboxylic acids is 1. The Bertz CT molecular complexity index is 1500. The molecule has 0 aliphatic carbocycles. The van der Waals surface area contributed by atoms with E-state index in [2.05, 4.69) is 14.9 Å². The molecule has 1 aliphatic rings. The van der Waals surface area contributed by atoms with Crippen molar-refractivity contribution in [2.75, 3.05) is 20.0 Å². The van der Waals surface area contributed by atoms with Crippen LogP contribution in [0.15, 0.2) is 48.5 Å². The molecule has 1 aliphatic heterocycles. The van der Waals surface area contributed by atoms with Crippen molar-refractivity contribution in [2.45, 2.75) is 31.9 Å². The Morgan fingerprint density at radius 2 is 1.92 bits per heavy atom. The smallest absolute Gasteiger partial charge is 0.335 e. The summed E-state index contributed by atoms with van der Waals surface area (Å²) in [4.78, 5) is 23.1. The van der Waals surface area contributed by atoms with Crippen LogP contribution in [0.5, 0.6) is 11.6 Å². The SMILES string of the molecule is Cn1c(CN2CCC(c3cccc(OCc4ccc(Cl)cc4F)n3)CC2)nc2c(OCF)cc(C(=O)O)cc21. The molecule has 4 aromatic rings. The van der Waals surface area contributed by atoms with Gasteiger partial charge in [0, 0.05) is 35.3 Å². The van der Waals surface area contributed by atoms with Crippen LogP contribution in [-0.2, 0) is 20.2 Å². The highest BCUT2D eigenvalue weighted by molar-refractivity contribution is 6.30. The molecule has 0 radical (unpaired) electrons. The number of carboxylic acid groups (broad SMARTS) is 1. The topological polar surface area (TPSA) is 89.7 Å². The summed E-state index contributed by atoms with van der Waals surface area (Å²) in [7, 11) is 1.81. The molecule has 8 nitrogen and oxygen atoms in total. The number of halogens is 3. The largest absolute Gasteiger partial charge is 0.478 e. The van der Waals surface area contributed by atoms with E-state index in [0.717, 1.165) is 37.4 Å². The van der Waals surface area contributed by atoms with Crippen LogP contribution in [0.2, 0.25) is 5.02 Å². The van der Waals surface area contributed by atoms with Gasteiger partial charge in [0.15, 0.2) is 5.75 Å². The van der Waals surface area contributed by atoms with Crippen molar-refractivity contribution < 1.29 is 28.2 Å². The first-order valence-corrected chi connectivity index (χ1v) is 12.9. The van der Waals surface area contributed by atoms with E-state index in [9.17, 15) is 18.7 Å². The van der Waals surface area contributed by atoms with Gasteiger partial charge in [0.05, 0.1) is 17.6 Å². The van der Waals surface area contributed by atoms with Gasteiger partial charge in [0.25, 0.3) is 0 Å². The molecule has 1 saturated heterocycles. The van der Waals surface area contributed by atoms with E-state index in [1.165, 1.54) is 18.2 Å². The summed E-state index contributed by atoms with van der Waals surface area (Å²) in [6, 6.07) is 12.9. The second-order valence-corrected chi connectivity index (χ2v) is 9.90. The normalized spacial score (nSPS) is 14.6. The molecule has 1 N–H and O–H groups in total. The maximum atomic E-state index is 14.1. The van der Waals surface area contributed by atoms with Gasteiger partial charge in [-0.05, 0) is 56.3 Å². The summed E-state index contributed by atoms with van der Waals surface area (Å²) in [6.45, 7) is 1.16. The Balaban J connectivity index is 1.23. The standard InChI is InChI=1S/C28H27ClF2N4O4/c1-34-23-11-19(28(36)37)12-24(39-16-30)27(23)33-25(34)14-35-9-7-17(8-10-35)22-3-2-4-26(32-22)38-15-18-5-6-20(29)13-21(18)31/h2-6,11-13,17H,7-10,14-16H2,1H3,(H,36,37). The number of pyridine rings is 1. The molecule has 204 valence electrons. The first-order chi connectivity index (χ1) is 18.8. The van der Waals surface area contributed by atoms with Gasteiger partial charge in [-0.1, -0.05) is 23.7 Å². The van der Waals surface area contributed by atoms with E-state index in [1.54, 1.807) is 18.2 Å². The molecule has 11 heteroatoms. The number of carbonyl (C=O) groups is 1. The van der Waals surface area contributed by atoms with Crippen molar-refractivity contribution in [3.8, 4) is 11.6 Å². The number of carboxylic acids is 1. The Labute approximate surface area is 228 Å². The number of nitrogens with zero attached hydrogens (tertiary/aromatic N) is 4. The highest BCUT2D eigenvalue weighted by atomic mass is 35.5. The lowest BCUT2D eigenvalue weighted by Crippen LogP contribution is -2.33. The second-order valence-electron chi connectivity index (χ2n) is 9.46. The summed E-state index contributed by atoms with van der Waals surface area (Å²) < 4.78 is 39.6. The molecule has 2 aromatic heterocycles. The van der Waals surface area contributed by atoms with Gasteiger partial charge in [-0.15, -0.1) is 0 Å². The molecule has 0 spiro atoms.